The lowest BCUT2D eigenvalue weighted by atomic mass is 10.2. The Bertz CT molecular complexity index is 197. The van der Waals surface area contributed by atoms with Crippen molar-refractivity contribution in [3.63, 3.8) is 0 Å². The first-order chi connectivity index (χ1) is 4.20. The van der Waals surface area contributed by atoms with E-state index in [2.05, 4.69) is 40.0 Å². The molecule has 0 atom stereocenters. The Balaban J connectivity index is 2.85. The largest absolute Gasteiger partial charge is 0.183 e. The molecule has 9 heavy (non-hydrogen) atoms. The zero-order chi connectivity index (χ0) is 6.85. The van der Waals surface area contributed by atoms with E-state index in [4.69, 9.17) is 0 Å². The van der Waals surface area contributed by atoms with Crippen LogP contribution in [0.1, 0.15) is 24.8 Å². The van der Waals surface area contributed by atoms with Crippen LogP contribution in [0.2, 0.25) is 0 Å². The highest BCUT2D eigenvalue weighted by Crippen LogP contribution is 2.21. The fourth-order valence-corrected chi connectivity index (χ4v) is 1.60. The maximum Gasteiger partial charge on any atom is 0.183 e. The van der Waals surface area contributed by atoms with E-state index in [0.717, 1.165) is 8.92 Å². The SMILES string of the molecule is CC(C)c1nnc(Br)s1. The summed E-state index contributed by atoms with van der Waals surface area (Å²) in [4.78, 5) is 0. The third kappa shape index (κ3) is 1.72. The second-order valence-electron chi connectivity index (χ2n) is 2.05. The molecule has 0 unspecified atom stereocenters. The summed E-state index contributed by atoms with van der Waals surface area (Å²) < 4.78 is 0.867. The molecule has 0 saturated carbocycles. The van der Waals surface area contributed by atoms with Crippen molar-refractivity contribution in [3.8, 4) is 0 Å². The highest BCUT2D eigenvalue weighted by Gasteiger charge is 2.03. The lowest BCUT2D eigenvalue weighted by molar-refractivity contribution is 0.823. The van der Waals surface area contributed by atoms with E-state index in [-0.39, 0.29) is 0 Å². The molecule has 0 fully saturated rings. The Morgan fingerprint density at radius 2 is 2.11 bits per heavy atom. The Hall–Kier alpha value is 0.0400. The van der Waals surface area contributed by atoms with Crippen LogP contribution in [-0.2, 0) is 0 Å². The first kappa shape index (κ1) is 7.15. The number of halogens is 1. The molecule has 0 aliphatic carbocycles. The first-order valence-corrected chi connectivity index (χ1v) is 4.30. The number of hydrogen-bond donors (Lipinski definition) is 0. The fraction of sp³-hybridized carbons (Fsp3) is 0.600. The number of rotatable bonds is 1. The lowest BCUT2D eigenvalue weighted by Crippen LogP contribution is -1.83. The molecule has 0 aliphatic rings. The minimum atomic E-state index is 0.494. The van der Waals surface area contributed by atoms with Gasteiger partial charge in [-0.1, -0.05) is 25.2 Å². The van der Waals surface area contributed by atoms with E-state index in [0.29, 0.717) is 5.92 Å². The zero-order valence-electron chi connectivity index (χ0n) is 5.26. The van der Waals surface area contributed by atoms with Gasteiger partial charge >= 0.3 is 0 Å². The van der Waals surface area contributed by atoms with Gasteiger partial charge in [0.25, 0.3) is 0 Å². The highest BCUT2D eigenvalue weighted by atomic mass is 79.9. The van der Waals surface area contributed by atoms with E-state index in [1.165, 1.54) is 0 Å². The average molecular weight is 207 g/mol. The first-order valence-electron chi connectivity index (χ1n) is 2.69. The highest BCUT2D eigenvalue weighted by molar-refractivity contribution is 9.11. The Morgan fingerprint density at radius 1 is 1.44 bits per heavy atom. The molecule has 2 nitrogen and oxygen atoms in total. The molecule has 1 heterocycles. The zero-order valence-corrected chi connectivity index (χ0v) is 7.66. The predicted octanol–water partition coefficient (Wildman–Crippen LogP) is 2.42. The van der Waals surface area contributed by atoms with E-state index < -0.39 is 0 Å². The van der Waals surface area contributed by atoms with Crippen molar-refractivity contribution in [2.24, 2.45) is 0 Å². The van der Waals surface area contributed by atoms with Gasteiger partial charge in [-0.3, -0.25) is 0 Å². The quantitative estimate of drug-likeness (QED) is 0.706. The molecule has 0 radical (unpaired) electrons. The third-order valence-corrected chi connectivity index (χ3v) is 2.57. The van der Waals surface area contributed by atoms with E-state index in [9.17, 15) is 0 Å². The summed E-state index contributed by atoms with van der Waals surface area (Å²) in [6.07, 6.45) is 0. The van der Waals surface area contributed by atoms with Crippen molar-refractivity contribution in [3.05, 3.63) is 8.92 Å². The van der Waals surface area contributed by atoms with Crippen LogP contribution < -0.4 is 0 Å². The molecule has 0 bridgehead atoms. The van der Waals surface area contributed by atoms with Gasteiger partial charge in [0.05, 0.1) is 0 Å². The standard InChI is InChI=1S/C5H7BrN2S/c1-3(2)4-7-8-5(6)9-4/h3H,1-2H3. The van der Waals surface area contributed by atoms with Gasteiger partial charge in [-0.2, -0.15) is 0 Å². The number of nitrogens with zero attached hydrogens (tertiary/aromatic N) is 2. The lowest BCUT2D eigenvalue weighted by Gasteiger charge is -1.92. The maximum atomic E-state index is 3.94. The van der Waals surface area contributed by atoms with Crippen LogP contribution in [0.4, 0.5) is 0 Å². The van der Waals surface area contributed by atoms with Crippen molar-refractivity contribution in [1.82, 2.24) is 10.2 Å². The molecule has 4 heteroatoms. The second kappa shape index (κ2) is 2.75. The molecule has 1 rings (SSSR count). The molecule has 50 valence electrons. The van der Waals surface area contributed by atoms with Crippen molar-refractivity contribution >= 4 is 27.3 Å². The molecule has 1 aromatic rings. The molecular weight excluding hydrogens is 200 g/mol. The van der Waals surface area contributed by atoms with Crippen LogP contribution in [0.5, 0.6) is 0 Å². The van der Waals surface area contributed by atoms with Crippen LogP contribution in [-0.4, -0.2) is 10.2 Å². The minimum Gasteiger partial charge on any atom is -0.142 e. The van der Waals surface area contributed by atoms with Gasteiger partial charge in [0.15, 0.2) is 3.92 Å². The summed E-state index contributed by atoms with van der Waals surface area (Å²) in [7, 11) is 0. The van der Waals surface area contributed by atoms with E-state index in [1.807, 2.05) is 0 Å². The van der Waals surface area contributed by atoms with Crippen molar-refractivity contribution < 1.29 is 0 Å². The van der Waals surface area contributed by atoms with Gasteiger partial charge in [0.1, 0.15) is 5.01 Å². The fourth-order valence-electron chi connectivity index (χ4n) is 0.449. The third-order valence-electron chi connectivity index (χ3n) is 0.910. The molecule has 0 aromatic carbocycles. The summed E-state index contributed by atoms with van der Waals surface area (Å²) in [5, 5.41) is 8.85. The topological polar surface area (TPSA) is 25.8 Å². The molecule has 0 amide bonds. The Kier molecular flexibility index (Phi) is 2.18. The average Bonchev–Trinajstić information content (AvgIpc) is 2.14. The van der Waals surface area contributed by atoms with Crippen molar-refractivity contribution in [2.45, 2.75) is 19.8 Å². The normalized spacial score (nSPS) is 10.7. The molecule has 0 saturated heterocycles. The van der Waals surface area contributed by atoms with Crippen LogP contribution in [0.15, 0.2) is 3.92 Å². The molecule has 0 spiro atoms. The smallest absolute Gasteiger partial charge is 0.142 e. The van der Waals surface area contributed by atoms with Crippen LogP contribution in [0.25, 0.3) is 0 Å². The molecule has 0 aliphatic heterocycles. The second-order valence-corrected chi connectivity index (χ2v) is 4.33. The summed E-state index contributed by atoms with van der Waals surface area (Å²) in [5.74, 6) is 0.494. The van der Waals surface area contributed by atoms with E-state index >= 15 is 0 Å². The van der Waals surface area contributed by atoms with Gasteiger partial charge in [0.2, 0.25) is 0 Å². The number of hydrogen-bond acceptors (Lipinski definition) is 3. The van der Waals surface area contributed by atoms with Gasteiger partial charge in [0, 0.05) is 5.92 Å². The summed E-state index contributed by atoms with van der Waals surface area (Å²) >= 11 is 4.84. The van der Waals surface area contributed by atoms with Crippen LogP contribution in [0, 0.1) is 0 Å². The van der Waals surface area contributed by atoms with Gasteiger partial charge in [-0.15, -0.1) is 10.2 Å². The maximum absolute atomic E-state index is 3.94. The van der Waals surface area contributed by atoms with Crippen LogP contribution in [0.3, 0.4) is 0 Å². The summed E-state index contributed by atoms with van der Waals surface area (Å²) in [6, 6.07) is 0. The van der Waals surface area contributed by atoms with Crippen LogP contribution >= 0.6 is 27.3 Å². The minimum absolute atomic E-state index is 0.494. The predicted molar refractivity (Wildman–Crippen MR) is 41.7 cm³/mol. The summed E-state index contributed by atoms with van der Waals surface area (Å²) in [5.41, 5.74) is 0. The van der Waals surface area contributed by atoms with E-state index in [1.54, 1.807) is 11.3 Å². The molecule has 1 aromatic heterocycles. The Labute approximate surface area is 66.4 Å². The van der Waals surface area contributed by atoms with Gasteiger partial charge < -0.3 is 0 Å². The van der Waals surface area contributed by atoms with Gasteiger partial charge in [-0.25, -0.2) is 0 Å². The van der Waals surface area contributed by atoms with Gasteiger partial charge in [-0.05, 0) is 15.9 Å². The number of aromatic nitrogens is 2. The van der Waals surface area contributed by atoms with Crippen molar-refractivity contribution in [2.75, 3.05) is 0 Å². The molecular formula is C5H7BrN2S. The Morgan fingerprint density at radius 3 is 2.33 bits per heavy atom. The van der Waals surface area contributed by atoms with Crippen molar-refractivity contribution in [1.29, 1.82) is 0 Å². The molecule has 0 N–H and O–H groups in total. The summed E-state index contributed by atoms with van der Waals surface area (Å²) in [6.45, 7) is 4.21. The monoisotopic (exact) mass is 206 g/mol.